The molecule has 15 heavy (non-hydrogen) atoms. The number of hydrogen-bond acceptors (Lipinski definition) is 2. The zero-order chi connectivity index (χ0) is 10.7. The molecule has 0 amide bonds. The highest BCUT2D eigenvalue weighted by Gasteiger charge is 2.16. The maximum absolute atomic E-state index is 5.49. The van der Waals surface area contributed by atoms with Crippen LogP contribution in [0.2, 0.25) is 0 Å². The van der Waals surface area contributed by atoms with E-state index in [1.807, 2.05) is 6.07 Å². The lowest BCUT2D eigenvalue weighted by Gasteiger charge is -2.23. The van der Waals surface area contributed by atoms with Gasteiger partial charge in [-0.1, -0.05) is 12.2 Å². The smallest absolute Gasteiger partial charge is 0.123 e. The van der Waals surface area contributed by atoms with Crippen molar-refractivity contribution in [2.75, 3.05) is 0 Å². The van der Waals surface area contributed by atoms with E-state index in [1.54, 1.807) is 6.26 Å². The van der Waals surface area contributed by atoms with Gasteiger partial charge in [-0.25, -0.2) is 0 Å². The molecule has 2 heteroatoms. The lowest BCUT2D eigenvalue weighted by atomic mass is 10.0. The maximum atomic E-state index is 5.49. The van der Waals surface area contributed by atoms with Crippen LogP contribution >= 0.6 is 0 Å². The minimum absolute atomic E-state index is 0.316. The number of hydrogen-bond donors (Lipinski definition) is 1. The zero-order valence-electron chi connectivity index (χ0n) is 9.49. The van der Waals surface area contributed by atoms with Crippen LogP contribution in [0.5, 0.6) is 0 Å². The van der Waals surface area contributed by atoms with Gasteiger partial charge < -0.3 is 9.73 Å². The summed E-state index contributed by atoms with van der Waals surface area (Å²) >= 11 is 0. The van der Waals surface area contributed by atoms with Gasteiger partial charge in [-0.15, -0.1) is 0 Å². The zero-order valence-corrected chi connectivity index (χ0v) is 9.49. The molecule has 0 spiro atoms. The second-order valence-electron chi connectivity index (χ2n) is 4.34. The maximum Gasteiger partial charge on any atom is 0.123 e. The van der Waals surface area contributed by atoms with Crippen LogP contribution in [-0.4, -0.2) is 6.04 Å². The Morgan fingerprint density at radius 2 is 2.33 bits per heavy atom. The van der Waals surface area contributed by atoms with Crippen molar-refractivity contribution in [3.8, 4) is 0 Å². The fourth-order valence-electron chi connectivity index (χ4n) is 2.20. The van der Waals surface area contributed by atoms with E-state index in [4.69, 9.17) is 4.42 Å². The normalized spacial score (nSPS) is 22.9. The van der Waals surface area contributed by atoms with Crippen LogP contribution in [0, 0.1) is 6.92 Å². The molecule has 0 radical (unpaired) electrons. The Kier molecular flexibility index (Phi) is 3.27. The third-order valence-electron chi connectivity index (χ3n) is 3.05. The fraction of sp³-hybridized carbons (Fsp3) is 0.538. The van der Waals surface area contributed by atoms with Gasteiger partial charge in [0.05, 0.1) is 12.3 Å². The number of aryl methyl sites for hydroxylation is 1. The van der Waals surface area contributed by atoms with Crippen molar-refractivity contribution in [1.82, 2.24) is 5.32 Å². The van der Waals surface area contributed by atoms with E-state index < -0.39 is 0 Å². The van der Waals surface area contributed by atoms with Gasteiger partial charge in [0.15, 0.2) is 0 Å². The van der Waals surface area contributed by atoms with Gasteiger partial charge >= 0.3 is 0 Å². The van der Waals surface area contributed by atoms with Gasteiger partial charge in [0.2, 0.25) is 0 Å². The first-order valence-corrected chi connectivity index (χ1v) is 5.72. The van der Waals surface area contributed by atoms with Gasteiger partial charge in [-0.2, -0.15) is 0 Å². The Morgan fingerprint density at radius 1 is 1.47 bits per heavy atom. The second kappa shape index (κ2) is 4.67. The van der Waals surface area contributed by atoms with Gasteiger partial charge in [0.25, 0.3) is 0 Å². The van der Waals surface area contributed by atoms with E-state index in [2.05, 4.69) is 31.3 Å². The molecule has 1 aromatic rings. The molecule has 82 valence electrons. The molecule has 2 unspecified atom stereocenters. The lowest BCUT2D eigenvalue weighted by molar-refractivity contribution is 0.371. The lowest BCUT2D eigenvalue weighted by Crippen LogP contribution is -2.32. The summed E-state index contributed by atoms with van der Waals surface area (Å²) in [6.07, 6.45) is 9.87. The number of furan rings is 1. The highest BCUT2D eigenvalue weighted by atomic mass is 16.3. The van der Waals surface area contributed by atoms with Crippen molar-refractivity contribution in [2.24, 2.45) is 0 Å². The summed E-state index contributed by atoms with van der Waals surface area (Å²) in [5.74, 6) is 1.07. The summed E-state index contributed by atoms with van der Waals surface area (Å²) in [5, 5.41) is 3.62. The Labute approximate surface area is 91.4 Å². The molecule has 1 aromatic heterocycles. The van der Waals surface area contributed by atoms with Crippen molar-refractivity contribution >= 4 is 0 Å². The number of allylic oxidation sites excluding steroid dienone is 1. The van der Waals surface area contributed by atoms with Crippen LogP contribution in [0.25, 0.3) is 0 Å². The van der Waals surface area contributed by atoms with Gasteiger partial charge in [0.1, 0.15) is 5.76 Å². The van der Waals surface area contributed by atoms with Crippen LogP contribution in [0.1, 0.15) is 43.6 Å². The Balaban J connectivity index is 1.94. The van der Waals surface area contributed by atoms with Gasteiger partial charge in [-0.3, -0.25) is 0 Å². The van der Waals surface area contributed by atoms with E-state index in [-0.39, 0.29) is 0 Å². The quantitative estimate of drug-likeness (QED) is 0.765. The SMILES string of the molecule is Cc1ccoc1C(C)NC1CC=CCC1. The summed E-state index contributed by atoms with van der Waals surface area (Å²) in [7, 11) is 0. The summed E-state index contributed by atoms with van der Waals surface area (Å²) in [6, 6.07) is 2.94. The van der Waals surface area contributed by atoms with Crippen molar-refractivity contribution in [3.05, 3.63) is 35.8 Å². The fourth-order valence-corrected chi connectivity index (χ4v) is 2.20. The first kappa shape index (κ1) is 10.5. The molecule has 0 saturated heterocycles. The average Bonchev–Trinajstić information content (AvgIpc) is 2.66. The average molecular weight is 205 g/mol. The molecule has 0 bridgehead atoms. The summed E-state index contributed by atoms with van der Waals surface area (Å²) in [4.78, 5) is 0. The largest absolute Gasteiger partial charge is 0.467 e. The van der Waals surface area contributed by atoms with Crippen LogP contribution in [0.15, 0.2) is 28.9 Å². The van der Waals surface area contributed by atoms with Crippen LogP contribution in [-0.2, 0) is 0 Å². The predicted molar refractivity (Wildman–Crippen MR) is 61.8 cm³/mol. The second-order valence-corrected chi connectivity index (χ2v) is 4.34. The van der Waals surface area contributed by atoms with E-state index in [0.29, 0.717) is 12.1 Å². The Morgan fingerprint density at radius 3 is 2.93 bits per heavy atom. The standard InChI is InChI=1S/C13H19NO/c1-10-8-9-15-13(10)11(2)14-12-6-4-3-5-7-12/h3-4,8-9,11-12,14H,5-7H2,1-2H3. The van der Waals surface area contributed by atoms with Gasteiger partial charge in [-0.05, 0) is 44.7 Å². The van der Waals surface area contributed by atoms with Crippen molar-refractivity contribution in [3.63, 3.8) is 0 Å². The minimum Gasteiger partial charge on any atom is -0.467 e. The third kappa shape index (κ3) is 2.51. The third-order valence-corrected chi connectivity index (χ3v) is 3.05. The highest BCUT2D eigenvalue weighted by Crippen LogP contribution is 2.21. The first-order valence-electron chi connectivity index (χ1n) is 5.72. The topological polar surface area (TPSA) is 25.2 Å². The van der Waals surface area contributed by atoms with E-state index in [1.165, 1.54) is 18.4 Å². The molecule has 1 heterocycles. The van der Waals surface area contributed by atoms with E-state index in [0.717, 1.165) is 12.2 Å². The van der Waals surface area contributed by atoms with E-state index >= 15 is 0 Å². The van der Waals surface area contributed by atoms with Crippen LogP contribution < -0.4 is 5.32 Å². The van der Waals surface area contributed by atoms with Crippen LogP contribution in [0.4, 0.5) is 0 Å². The van der Waals surface area contributed by atoms with E-state index in [9.17, 15) is 0 Å². The van der Waals surface area contributed by atoms with Gasteiger partial charge in [0, 0.05) is 6.04 Å². The van der Waals surface area contributed by atoms with Crippen LogP contribution in [0.3, 0.4) is 0 Å². The summed E-state index contributed by atoms with van der Waals surface area (Å²) in [6.45, 7) is 4.27. The van der Waals surface area contributed by atoms with Crippen molar-refractivity contribution < 1.29 is 4.42 Å². The molecule has 1 N–H and O–H groups in total. The van der Waals surface area contributed by atoms with Crippen molar-refractivity contribution in [2.45, 2.75) is 45.2 Å². The molecule has 0 fully saturated rings. The molecule has 2 atom stereocenters. The molecule has 1 aliphatic carbocycles. The molecule has 2 rings (SSSR count). The molecular formula is C13H19NO. The minimum atomic E-state index is 0.316. The molecule has 0 aliphatic heterocycles. The molecule has 0 saturated carbocycles. The number of rotatable bonds is 3. The molecule has 2 nitrogen and oxygen atoms in total. The monoisotopic (exact) mass is 205 g/mol. The molecule has 1 aliphatic rings. The summed E-state index contributed by atoms with van der Waals surface area (Å²) < 4.78 is 5.49. The Bertz CT molecular complexity index is 340. The predicted octanol–water partition coefficient (Wildman–Crippen LogP) is 3.35. The van der Waals surface area contributed by atoms with Crippen molar-refractivity contribution in [1.29, 1.82) is 0 Å². The molecular weight excluding hydrogens is 186 g/mol. The Hall–Kier alpha value is -1.02. The molecule has 0 aromatic carbocycles. The number of nitrogens with one attached hydrogen (secondary N) is 1. The highest BCUT2D eigenvalue weighted by molar-refractivity contribution is 5.17. The first-order chi connectivity index (χ1) is 7.27. The summed E-state index contributed by atoms with van der Waals surface area (Å²) in [5.41, 5.74) is 1.24.